The lowest BCUT2D eigenvalue weighted by molar-refractivity contribution is 0.242. The van der Waals surface area contributed by atoms with Gasteiger partial charge in [-0.25, -0.2) is 0 Å². The van der Waals surface area contributed by atoms with Crippen molar-refractivity contribution in [3.63, 3.8) is 0 Å². The highest BCUT2D eigenvalue weighted by molar-refractivity contribution is 5.85. The lowest BCUT2D eigenvalue weighted by Crippen LogP contribution is -2.06. The van der Waals surface area contributed by atoms with Crippen molar-refractivity contribution < 1.29 is 9.26 Å². The first-order valence-electron chi connectivity index (χ1n) is 7.54. The van der Waals surface area contributed by atoms with Gasteiger partial charge in [-0.1, -0.05) is 5.16 Å². The van der Waals surface area contributed by atoms with Gasteiger partial charge in [-0.15, -0.1) is 12.4 Å². The van der Waals surface area contributed by atoms with Gasteiger partial charge in [0.15, 0.2) is 0 Å². The third-order valence-electron chi connectivity index (χ3n) is 3.40. The van der Waals surface area contributed by atoms with Crippen LogP contribution in [0.4, 0.5) is 0 Å². The van der Waals surface area contributed by atoms with Gasteiger partial charge in [-0.3, -0.25) is 4.98 Å². The molecule has 0 saturated carbocycles. The maximum absolute atomic E-state index is 9.32. The van der Waals surface area contributed by atoms with Crippen molar-refractivity contribution in [3.05, 3.63) is 47.8 Å². The summed E-state index contributed by atoms with van der Waals surface area (Å²) in [4.78, 5) is 8.48. The van der Waals surface area contributed by atoms with E-state index in [1.807, 2.05) is 26.8 Å². The van der Waals surface area contributed by atoms with Crippen LogP contribution in [0.1, 0.15) is 25.0 Å². The van der Waals surface area contributed by atoms with Crippen LogP contribution in [-0.4, -0.2) is 21.2 Å². The van der Waals surface area contributed by atoms with Crippen LogP contribution in [0.3, 0.4) is 0 Å². The molecule has 3 rings (SSSR count). The number of pyridine rings is 1. The molecule has 3 aromatic rings. The van der Waals surface area contributed by atoms with Crippen LogP contribution < -0.4 is 4.74 Å². The zero-order chi connectivity index (χ0) is 17.1. The summed E-state index contributed by atoms with van der Waals surface area (Å²) in [5.41, 5.74) is 2.93. The lowest BCUT2D eigenvalue weighted by atomic mass is 10.1. The lowest BCUT2D eigenvalue weighted by Gasteiger charge is -2.11. The minimum absolute atomic E-state index is 0. The van der Waals surface area contributed by atoms with Gasteiger partial charge in [0.05, 0.1) is 11.7 Å². The number of ether oxygens (including phenoxy) is 1. The Kier molecular flexibility index (Phi) is 5.73. The second-order valence-electron chi connectivity index (χ2n) is 5.60. The molecule has 0 aliphatic rings. The van der Waals surface area contributed by atoms with Gasteiger partial charge in [0.1, 0.15) is 11.8 Å². The second-order valence-corrected chi connectivity index (χ2v) is 5.60. The monoisotopic (exact) mass is 356 g/mol. The molecule has 0 saturated heterocycles. The molecule has 0 spiro atoms. The Hall–Kier alpha value is -2.91. The maximum atomic E-state index is 9.32. The van der Waals surface area contributed by atoms with Crippen LogP contribution in [0.25, 0.3) is 22.8 Å². The fraction of sp³-hybridized carbons (Fsp3) is 0.222. The smallest absolute Gasteiger partial charge is 0.258 e. The molecule has 0 amide bonds. The Labute approximate surface area is 151 Å². The highest BCUT2D eigenvalue weighted by atomic mass is 35.5. The van der Waals surface area contributed by atoms with Crippen LogP contribution >= 0.6 is 12.4 Å². The Morgan fingerprint density at radius 1 is 1.24 bits per heavy atom. The average Bonchev–Trinajstić information content (AvgIpc) is 3.05. The third-order valence-corrected chi connectivity index (χ3v) is 3.40. The molecule has 0 fully saturated rings. The van der Waals surface area contributed by atoms with Gasteiger partial charge >= 0.3 is 0 Å². The van der Waals surface area contributed by atoms with Crippen molar-refractivity contribution >= 4 is 12.4 Å². The summed E-state index contributed by atoms with van der Waals surface area (Å²) in [6, 6.07) is 9.21. The van der Waals surface area contributed by atoms with Crippen molar-refractivity contribution in [2.24, 2.45) is 0 Å². The van der Waals surface area contributed by atoms with E-state index in [-0.39, 0.29) is 18.5 Å². The number of aryl methyl sites for hydroxylation is 1. The number of hydrogen-bond donors (Lipinski definition) is 0. The zero-order valence-electron chi connectivity index (χ0n) is 14.1. The molecule has 6 nitrogen and oxygen atoms in total. The zero-order valence-corrected chi connectivity index (χ0v) is 14.9. The van der Waals surface area contributed by atoms with E-state index in [9.17, 15) is 5.26 Å². The molecule has 0 N–H and O–H groups in total. The van der Waals surface area contributed by atoms with Crippen molar-refractivity contribution in [1.29, 1.82) is 5.26 Å². The van der Waals surface area contributed by atoms with Crippen LogP contribution in [0.5, 0.6) is 5.75 Å². The number of nitrogens with zero attached hydrogens (tertiary/aromatic N) is 4. The highest BCUT2D eigenvalue weighted by Crippen LogP contribution is 2.28. The molecule has 1 aromatic carbocycles. The second kappa shape index (κ2) is 7.77. The molecule has 25 heavy (non-hydrogen) atoms. The minimum Gasteiger partial charge on any atom is -0.490 e. The summed E-state index contributed by atoms with van der Waals surface area (Å²) < 4.78 is 11.0. The Balaban J connectivity index is 0.00000225. The molecule has 0 aliphatic heterocycles. The van der Waals surface area contributed by atoms with Crippen molar-refractivity contribution in [1.82, 2.24) is 15.1 Å². The topological polar surface area (TPSA) is 84.8 Å². The predicted octanol–water partition coefficient (Wildman–Crippen LogP) is 4.19. The van der Waals surface area contributed by atoms with Gasteiger partial charge in [0, 0.05) is 23.5 Å². The minimum atomic E-state index is -0.00683. The molecule has 128 valence electrons. The van der Waals surface area contributed by atoms with Gasteiger partial charge in [-0.05, 0) is 50.6 Å². The maximum Gasteiger partial charge on any atom is 0.258 e. The number of aromatic nitrogens is 3. The van der Waals surface area contributed by atoms with Gasteiger partial charge in [0.25, 0.3) is 5.89 Å². The highest BCUT2D eigenvalue weighted by Gasteiger charge is 2.14. The summed E-state index contributed by atoms with van der Waals surface area (Å²) in [5.74, 6) is 1.39. The van der Waals surface area contributed by atoms with E-state index < -0.39 is 0 Å². The molecule has 0 unspecified atom stereocenters. The number of halogens is 1. The van der Waals surface area contributed by atoms with Gasteiger partial charge < -0.3 is 9.26 Å². The Morgan fingerprint density at radius 3 is 2.72 bits per heavy atom. The molecule has 0 aliphatic carbocycles. The largest absolute Gasteiger partial charge is 0.490 e. The fourth-order valence-electron chi connectivity index (χ4n) is 2.28. The van der Waals surface area contributed by atoms with Crippen molar-refractivity contribution in [2.45, 2.75) is 26.9 Å². The molecule has 0 radical (unpaired) electrons. The summed E-state index contributed by atoms with van der Waals surface area (Å²) in [7, 11) is 0. The first-order valence-corrected chi connectivity index (χ1v) is 7.54. The van der Waals surface area contributed by atoms with Gasteiger partial charge in [-0.2, -0.15) is 10.2 Å². The third kappa shape index (κ3) is 3.95. The number of nitriles is 1. The summed E-state index contributed by atoms with van der Waals surface area (Å²) in [5, 5.41) is 13.3. The summed E-state index contributed by atoms with van der Waals surface area (Å²) in [6.07, 6.45) is 3.43. The SMILES string of the molecule is Cc1cnccc1-c1noc(-c2ccc(OC(C)C)c(C#N)c2)n1.Cl. The van der Waals surface area contributed by atoms with Crippen molar-refractivity contribution in [3.8, 4) is 34.7 Å². The van der Waals surface area contributed by atoms with Crippen LogP contribution in [-0.2, 0) is 0 Å². The molecule has 0 bridgehead atoms. The first kappa shape index (κ1) is 18.4. The normalized spacial score (nSPS) is 10.2. The quantitative estimate of drug-likeness (QED) is 0.696. The van der Waals surface area contributed by atoms with E-state index in [1.54, 1.807) is 30.6 Å². The van der Waals surface area contributed by atoms with E-state index in [1.165, 1.54) is 0 Å². The molecule has 2 heterocycles. The molecule has 2 aromatic heterocycles. The average molecular weight is 357 g/mol. The van der Waals surface area contributed by atoms with E-state index >= 15 is 0 Å². The summed E-state index contributed by atoms with van der Waals surface area (Å²) in [6.45, 7) is 5.76. The number of hydrogen-bond acceptors (Lipinski definition) is 6. The summed E-state index contributed by atoms with van der Waals surface area (Å²) >= 11 is 0. The molecular formula is C18H17ClN4O2. The van der Waals surface area contributed by atoms with Crippen LogP contribution in [0.15, 0.2) is 41.2 Å². The molecular weight excluding hydrogens is 340 g/mol. The Morgan fingerprint density at radius 2 is 2.04 bits per heavy atom. The van der Waals surface area contributed by atoms with Crippen LogP contribution in [0.2, 0.25) is 0 Å². The molecule has 7 heteroatoms. The first-order chi connectivity index (χ1) is 11.6. The van der Waals surface area contributed by atoms with E-state index in [0.29, 0.717) is 28.6 Å². The predicted molar refractivity (Wildman–Crippen MR) is 95.4 cm³/mol. The van der Waals surface area contributed by atoms with E-state index in [2.05, 4.69) is 21.2 Å². The molecule has 0 atom stereocenters. The standard InChI is InChI=1S/C18H16N4O2.ClH/c1-11(2)23-16-5-4-13(8-14(16)9-19)18-21-17(22-24-18)15-6-7-20-10-12(15)3;/h4-8,10-11H,1-3H3;1H. The number of benzene rings is 1. The Bertz CT molecular complexity index is 915. The fourth-order valence-corrected chi connectivity index (χ4v) is 2.28. The van der Waals surface area contributed by atoms with E-state index in [4.69, 9.17) is 9.26 Å². The van der Waals surface area contributed by atoms with Crippen molar-refractivity contribution in [2.75, 3.05) is 0 Å². The van der Waals surface area contributed by atoms with Gasteiger partial charge in [0.2, 0.25) is 5.82 Å². The number of rotatable bonds is 4. The van der Waals surface area contributed by atoms with E-state index in [0.717, 1.165) is 11.1 Å². The van der Waals surface area contributed by atoms with Crippen LogP contribution in [0, 0.1) is 18.3 Å².